The molecule has 5 aromatic rings. The number of sulfonamides is 1. The van der Waals surface area contributed by atoms with Crippen molar-refractivity contribution >= 4 is 32.8 Å². The Bertz CT molecular complexity index is 1800. The highest BCUT2D eigenvalue weighted by Crippen LogP contribution is 2.37. The molecule has 0 spiro atoms. The molecular formula is C35H37N5O3S. The fraction of sp³-hybridized carbons (Fsp3) is 0.286. The van der Waals surface area contributed by atoms with Gasteiger partial charge in [0.2, 0.25) is 0 Å². The first-order valence-electron chi connectivity index (χ1n) is 15.0. The van der Waals surface area contributed by atoms with E-state index in [-0.39, 0.29) is 40.9 Å². The summed E-state index contributed by atoms with van der Waals surface area (Å²) in [6.07, 6.45) is 4.65. The zero-order valence-electron chi connectivity index (χ0n) is 25.0. The monoisotopic (exact) mass is 607 g/mol. The molecule has 0 amide bonds. The lowest BCUT2D eigenvalue weighted by Gasteiger charge is -2.29. The molecule has 3 aromatic carbocycles. The minimum atomic E-state index is -4.09. The molecule has 1 aliphatic rings. The van der Waals surface area contributed by atoms with Crippen LogP contribution in [0, 0.1) is 18.8 Å². The molecule has 3 unspecified atom stereocenters. The number of fused-ring (bicyclic) bond motifs is 1. The van der Waals surface area contributed by atoms with Crippen molar-refractivity contribution < 1.29 is 13.2 Å². The molecule has 1 N–H and O–H groups in total. The van der Waals surface area contributed by atoms with Crippen LogP contribution >= 0.6 is 0 Å². The van der Waals surface area contributed by atoms with Gasteiger partial charge in [-0.2, -0.15) is 0 Å². The standard InChI is InChI=1S/C35H37N5O3S/c1-25-10-9-15-30(18-25)44(42,43)40(34-21-37-35-32(38-34)16-17-36-35)24-33(41)31-20-29(19-26(31)2)39(22-27-11-5-3-6-12-27)23-28-13-7-4-8-14-28/h3-18,21,26,29,31H,19-20,22-24H2,1-2H3,(H,36,37). The Kier molecular flexibility index (Phi) is 8.59. The largest absolute Gasteiger partial charge is 0.345 e. The van der Waals surface area contributed by atoms with E-state index >= 15 is 0 Å². The number of H-pyrrole nitrogens is 1. The molecule has 0 saturated heterocycles. The summed E-state index contributed by atoms with van der Waals surface area (Å²) in [6, 6.07) is 29.4. The fourth-order valence-corrected chi connectivity index (χ4v) is 7.77. The number of nitrogens with one attached hydrogen (secondary N) is 1. The van der Waals surface area contributed by atoms with E-state index in [1.807, 2.05) is 25.1 Å². The third kappa shape index (κ3) is 6.44. The first-order chi connectivity index (χ1) is 21.3. The van der Waals surface area contributed by atoms with Gasteiger partial charge in [-0.05, 0) is 60.6 Å². The Morgan fingerprint density at radius 2 is 1.59 bits per heavy atom. The van der Waals surface area contributed by atoms with E-state index in [1.165, 1.54) is 17.3 Å². The molecule has 44 heavy (non-hydrogen) atoms. The number of ketones is 1. The first kappa shape index (κ1) is 29.7. The Morgan fingerprint density at radius 1 is 0.909 bits per heavy atom. The Hall–Kier alpha value is -4.34. The summed E-state index contributed by atoms with van der Waals surface area (Å²) in [5, 5.41) is 0. The number of hydrogen-bond donors (Lipinski definition) is 1. The van der Waals surface area contributed by atoms with Gasteiger partial charge < -0.3 is 4.98 Å². The van der Waals surface area contributed by atoms with Crippen LogP contribution in [-0.2, 0) is 27.9 Å². The highest BCUT2D eigenvalue weighted by molar-refractivity contribution is 7.92. The molecule has 226 valence electrons. The molecule has 0 bridgehead atoms. The summed E-state index contributed by atoms with van der Waals surface area (Å²) < 4.78 is 29.3. The van der Waals surface area contributed by atoms with Gasteiger partial charge in [0.05, 0.1) is 17.6 Å². The first-order valence-corrected chi connectivity index (χ1v) is 16.5. The van der Waals surface area contributed by atoms with Crippen molar-refractivity contribution in [2.75, 3.05) is 10.8 Å². The molecule has 2 aromatic heterocycles. The predicted octanol–water partition coefficient (Wildman–Crippen LogP) is 6.15. The van der Waals surface area contributed by atoms with Crippen molar-refractivity contribution in [1.29, 1.82) is 0 Å². The van der Waals surface area contributed by atoms with Crippen LogP contribution in [0.25, 0.3) is 11.2 Å². The minimum Gasteiger partial charge on any atom is -0.345 e. The van der Waals surface area contributed by atoms with E-state index in [0.717, 1.165) is 29.4 Å². The lowest BCUT2D eigenvalue weighted by Crippen LogP contribution is -2.39. The van der Waals surface area contributed by atoms with Crippen LogP contribution in [0.4, 0.5) is 5.82 Å². The molecule has 1 saturated carbocycles. The molecule has 9 heteroatoms. The Morgan fingerprint density at radius 3 is 2.25 bits per heavy atom. The van der Waals surface area contributed by atoms with Crippen LogP contribution in [0.5, 0.6) is 0 Å². The van der Waals surface area contributed by atoms with Crippen LogP contribution < -0.4 is 4.31 Å². The van der Waals surface area contributed by atoms with Gasteiger partial charge >= 0.3 is 0 Å². The Labute approximate surface area is 258 Å². The number of carbonyl (C=O) groups is 1. The lowest BCUT2D eigenvalue weighted by atomic mass is 9.93. The van der Waals surface area contributed by atoms with Gasteiger partial charge in [0.15, 0.2) is 17.2 Å². The highest BCUT2D eigenvalue weighted by atomic mass is 32.2. The van der Waals surface area contributed by atoms with Crippen LogP contribution in [0.15, 0.2) is 108 Å². The third-order valence-electron chi connectivity index (χ3n) is 8.62. The number of nitrogens with zero attached hydrogens (tertiary/aromatic N) is 4. The predicted molar refractivity (Wildman–Crippen MR) is 172 cm³/mol. The Balaban J connectivity index is 1.27. The third-order valence-corrected chi connectivity index (χ3v) is 10.4. The van der Waals surface area contributed by atoms with Crippen LogP contribution in [0.2, 0.25) is 0 Å². The molecule has 1 aliphatic carbocycles. The number of rotatable bonds is 11. The van der Waals surface area contributed by atoms with Crippen LogP contribution in [-0.4, -0.2) is 46.6 Å². The van der Waals surface area contributed by atoms with Gasteiger partial charge in [0, 0.05) is 31.2 Å². The molecule has 6 rings (SSSR count). The van der Waals surface area contributed by atoms with Crippen molar-refractivity contribution in [2.24, 2.45) is 11.8 Å². The maximum absolute atomic E-state index is 14.1. The van der Waals surface area contributed by atoms with Gasteiger partial charge in [-0.3, -0.25) is 9.69 Å². The van der Waals surface area contributed by atoms with E-state index in [0.29, 0.717) is 17.6 Å². The molecule has 8 nitrogen and oxygen atoms in total. The summed E-state index contributed by atoms with van der Waals surface area (Å²) in [6.45, 7) is 5.19. The molecule has 0 aliphatic heterocycles. The molecular weight excluding hydrogens is 570 g/mol. The van der Waals surface area contributed by atoms with E-state index in [4.69, 9.17) is 0 Å². The molecule has 3 atom stereocenters. The van der Waals surface area contributed by atoms with E-state index in [2.05, 4.69) is 75.3 Å². The number of carbonyl (C=O) groups excluding carboxylic acids is 1. The summed E-state index contributed by atoms with van der Waals surface area (Å²) in [5.74, 6) is -0.160. The van der Waals surface area contributed by atoms with E-state index in [1.54, 1.807) is 30.5 Å². The van der Waals surface area contributed by atoms with Crippen molar-refractivity contribution in [2.45, 2.75) is 50.7 Å². The lowest BCUT2D eigenvalue weighted by molar-refractivity contribution is -0.122. The van der Waals surface area contributed by atoms with Crippen molar-refractivity contribution in [3.8, 4) is 0 Å². The summed E-state index contributed by atoms with van der Waals surface area (Å²) in [7, 11) is -4.09. The van der Waals surface area contributed by atoms with Gasteiger partial charge in [0.25, 0.3) is 10.0 Å². The second-order valence-corrected chi connectivity index (χ2v) is 13.7. The average molecular weight is 608 g/mol. The normalized spacial score (nSPS) is 18.6. The van der Waals surface area contributed by atoms with Crippen molar-refractivity contribution in [3.63, 3.8) is 0 Å². The number of aromatic nitrogens is 3. The SMILES string of the molecule is Cc1cccc(S(=O)(=O)N(CC(=O)C2CC(N(Cc3ccccc3)Cc3ccccc3)CC2C)c2cnc3[nH]ccc3n2)c1. The van der Waals surface area contributed by atoms with Gasteiger partial charge in [0.1, 0.15) is 5.52 Å². The maximum Gasteiger partial charge on any atom is 0.265 e. The molecule has 0 radical (unpaired) electrons. The maximum atomic E-state index is 14.1. The topological polar surface area (TPSA) is 99.3 Å². The molecule has 2 heterocycles. The number of anilines is 1. The van der Waals surface area contributed by atoms with E-state index < -0.39 is 10.0 Å². The summed E-state index contributed by atoms with van der Waals surface area (Å²) in [4.78, 5) is 28.6. The zero-order chi connectivity index (χ0) is 30.7. The fourth-order valence-electron chi connectivity index (χ4n) is 6.30. The number of Topliss-reactive ketones (excluding diaryl/α,β-unsaturated/α-hetero) is 1. The average Bonchev–Trinajstić information content (AvgIpc) is 3.66. The van der Waals surface area contributed by atoms with Crippen LogP contribution in [0.1, 0.15) is 36.5 Å². The van der Waals surface area contributed by atoms with Gasteiger partial charge in [-0.15, -0.1) is 0 Å². The minimum absolute atomic E-state index is 0.100. The van der Waals surface area contributed by atoms with E-state index in [9.17, 15) is 13.2 Å². The molecule has 1 fully saturated rings. The van der Waals surface area contributed by atoms with Crippen LogP contribution in [0.3, 0.4) is 0 Å². The number of hydrogen-bond acceptors (Lipinski definition) is 6. The second-order valence-electron chi connectivity index (χ2n) is 11.8. The summed E-state index contributed by atoms with van der Waals surface area (Å²) in [5.41, 5.74) is 4.34. The number of aryl methyl sites for hydroxylation is 1. The second kappa shape index (κ2) is 12.7. The zero-order valence-corrected chi connectivity index (χ0v) is 25.8. The van der Waals surface area contributed by atoms with Gasteiger partial charge in [-0.1, -0.05) is 79.7 Å². The van der Waals surface area contributed by atoms with Gasteiger partial charge in [-0.25, -0.2) is 22.7 Å². The number of benzene rings is 3. The quantitative estimate of drug-likeness (QED) is 0.193. The highest BCUT2D eigenvalue weighted by Gasteiger charge is 2.40. The smallest absolute Gasteiger partial charge is 0.265 e. The van der Waals surface area contributed by atoms with Crippen molar-refractivity contribution in [1.82, 2.24) is 19.9 Å². The summed E-state index contributed by atoms with van der Waals surface area (Å²) >= 11 is 0. The number of aromatic amines is 1. The van der Waals surface area contributed by atoms with Crippen molar-refractivity contribution in [3.05, 3.63) is 120 Å².